The summed E-state index contributed by atoms with van der Waals surface area (Å²) in [5.41, 5.74) is 3.14. The minimum atomic E-state index is -1.11. The number of aryl methyl sites for hydroxylation is 2. The molecule has 0 fully saturated rings. The first-order valence-electron chi connectivity index (χ1n) is 12.1. The van der Waals surface area contributed by atoms with Crippen LogP contribution >= 0.6 is 0 Å². The van der Waals surface area contributed by atoms with Crippen LogP contribution in [0.2, 0.25) is 0 Å². The van der Waals surface area contributed by atoms with E-state index in [-0.39, 0.29) is 11.5 Å². The number of rotatable bonds is 8. The van der Waals surface area contributed by atoms with Crippen molar-refractivity contribution in [2.24, 2.45) is 0 Å². The van der Waals surface area contributed by atoms with Crippen molar-refractivity contribution in [2.45, 2.75) is 58.4 Å². The molecular formula is C25H33N3O5. The molecule has 0 saturated heterocycles. The van der Waals surface area contributed by atoms with Crippen molar-refractivity contribution >= 4 is 28.5 Å². The molecule has 2 aromatic rings. The number of hydrogen-bond donors (Lipinski definition) is 2. The summed E-state index contributed by atoms with van der Waals surface area (Å²) in [7, 11) is 0. The first-order valence-corrected chi connectivity index (χ1v) is 12.1. The van der Waals surface area contributed by atoms with Gasteiger partial charge in [0.2, 0.25) is 5.91 Å². The second-order valence-electron chi connectivity index (χ2n) is 8.96. The number of fused-ring (bicyclic) bond motifs is 2. The summed E-state index contributed by atoms with van der Waals surface area (Å²) in [6.07, 6.45) is 5.43. The predicted molar refractivity (Wildman–Crippen MR) is 127 cm³/mol. The molecule has 0 spiro atoms. The van der Waals surface area contributed by atoms with Gasteiger partial charge in [0.15, 0.2) is 0 Å². The van der Waals surface area contributed by atoms with Gasteiger partial charge in [0.1, 0.15) is 17.2 Å². The van der Waals surface area contributed by atoms with Crippen molar-refractivity contribution in [2.75, 3.05) is 37.7 Å². The second-order valence-corrected chi connectivity index (χ2v) is 8.96. The van der Waals surface area contributed by atoms with Crippen molar-refractivity contribution in [1.82, 2.24) is 10.2 Å². The van der Waals surface area contributed by atoms with Gasteiger partial charge in [-0.2, -0.15) is 0 Å². The van der Waals surface area contributed by atoms with E-state index in [4.69, 9.17) is 4.42 Å². The Morgan fingerprint density at radius 3 is 2.52 bits per heavy atom. The summed E-state index contributed by atoms with van der Waals surface area (Å²) >= 11 is 0. The summed E-state index contributed by atoms with van der Waals surface area (Å²) in [4.78, 5) is 42.6. The highest BCUT2D eigenvalue weighted by molar-refractivity contribution is 6.00. The van der Waals surface area contributed by atoms with Gasteiger partial charge in [0.05, 0.1) is 6.61 Å². The van der Waals surface area contributed by atoms with Gasteiger partial charge in [0.25, 0.3) is 5.91 Å². The van der Waals surface area contributed by atoms with Gasteiger partial charge >= 0.3 is 5.63 Å². The van der Waals surface area contributed by atoms with Crippen LogP contribution in [-0.4, -0.2) is 60.6 Å². The van der Waals surface area contributed by atoms with E-state index in [1.165, 1.54) is 11.3 Å². The minimum Gasteiger partial charge on any atom is -0.422 e. The predicted octanol–water partition coefficient (Wildman–Crippen LogP) is 2.23. The Morgan fingerprint density at radius 2 is 1.85 bits per heavy atom. The molecule has 1 atom stereocenters. The van der Waals surface area contributed by atoms with E-state index in [0.717, 1.165) is 62.6 Å². The molecule has 0 radical (unpaired) electrons. The molecule has 8 nitrogen and oxygen atoms in total. The fourth-order valence-corrected chi connectivity index (χ4v) is 5.12. The molecule has 0 bridgehead atoms. The zero-order valence-corrected chi connectivity index (χ0v) is 19.5. The Kier molecular flexibility index (Phi) is 7.02. The third kappa shape index (κ3) is 4.49. The van der Waals surface area contributed by atoms with Gasteiger partial charge in [0, 0.05) is 42.8 Å². The van der Waals surface area contributed by atoms with Crippen LogP contribution in [0.1, 0.15) is 61.0 Å². The van der Waals surface area contributed by atoms with Gasteiger partial charge < -0.3 is 24.6 Å². The molecular weight excluding hydrogens is 422 g/mol. The molecule has 0 aliphatic carbocycles. The minimum absolute atomic E-state index is 0.151. The lowest BCUT2D eigenvalue weighted by Gasteiger charge is -2.37. The molecule has 2 aliphatic rings. The maximum absolute atomic E-state index is 13.0. The number of nitrogens with one attached hydrogen (secondary N) is 1. The molecule has 1 unspecified atom stereocenters. The van der Waals surface area contributed by atoms with Crippen LogP contribution in [0, 0.1) is 0 Å². The van der Waals surface area contributed by atoms with Crippen LogP contribution in [0.25, 0.3) is 11.0 Å². The summed E-state index contributed by atoms with van der Waals surface area (Å²) in [5.74, 6) is -1.06. The molecule has 3 heterocycles. The fourth-order valence-electron chi connectivity index (χ4n) is 5.12. The van der Waals surface area contributed by atoms with Crippen molar-refractivity contribution < 1.29 is 19.1 Å². The van der Waals surface area contributed by atoms with E-state index < -0.39 is 24.2 Å². The van der Waals surface area contributed by atoms with E-state index in [9.17, 15) is 19.5 Å². The lowest BCUT2D eigenvalue weighted by Crippen LogP contribution is -2.51. The largest absolute Gasteiger partial charge is 0.422 e. The molecule has 1 aromatic heterocycles. The Hall–Kier alpha value is -2.87. The average Bonchev–Trinajstić information content (AvgIpc) is 2.82. The smallest absolute Gasteiger partial charge is 0.349 e. The number of carbonyl (C=O) groups excluding carboxylic acids is 2. The first-order chi connectivity index (χ1) is 16.0. The van der Waals surface area contributed by atoms with E-state index >= 15 is 0 Å². The Bertz CT molecular complexity index is 1100. The Morgan fingerprint density at radius 1 is 1.15 bits per heavy atom. The molecule has 4 rings (SSSR count). The van der Waals surface area contributed by atoms with Crippen LogP contribution in [0.3, 0.4) is 0 Å². The summed E-state index contributed by atoms with van der Waals surface area (Å²) in [6, 6.07) is 2.48. The Balaban J connectivity index is 1.64. The highest BCUT2D eigenvalue weighted by Crippen LogP contribution is 2.39. The lowest BCUT2D eigenvalue weighted by atomic mass is 9.90. The molecule has 1 aromatic carbocycles. The van der Waals surface area contributed by atoms with Crippen LogP contribution < -0.4 is 15.8 Å². The maximum Gasteiger partial charge on any atom is 0.349 e. The summed E-state index contributed by atoms with van der Waals surface area (Å²) in [5, 5.41) is 13.1. The van der Waals surface area contributed by atoms with Crippen molar-refractivity contribution in [3.63, 3.8) is 0 Å². The summed E-state index contributed by atoms with van der Waals surface area (Å²) < 4.78 is 5.68. The number of anilines is 1. The molecule has 0 saturated carbocycles. The molecule has 178 valence electrons. The number of aliphatic hydroxyl groups excluding tert-OH is 1. The van der Waals surface area contributed by atoms with Crippen LogP contribution in [0.5, 0.6) is 0 Å². The third-order valence-electron chi connectivity index (χ3n) is 6.55. The normalized spacial score (nSPS) is 15.8. The lowest BCUT2D eigenvalue weighted by molar-refractivity contribution is -0.134. The third-order valence-corrected chi connectivity index (χ3v) is 6.55. The number of benzene rings is 1. The standard InChI is InChI=1S/C25H33N3O5/c1-3-9-28(10-4-2)24(31)20(15-29)26-23(30)19-14-17-13-16-7-5-11-27-12-6-8-18(21(16)27)22(17)33-25(19)32/h13-14,20,29H,3-12,15H2,1-2H3,(H,26,30). The summed E-state index contributed by atoms with van der Waals surface area (Å²) in [6.45, 7) is 6.51. The number of amides is 2. The quantitative estimate of drug-likeness (QED) is 0.592. The molecule has 2 N–H and O–H groups in total. The van der Waals surface area contributed by atoms with E-state index in [0.29, 0.717) is 18.7 Å². The van der Waals surface area contributed by atoms with Gasteiger partial charge in [-0.25, -0.2) is 4.79 Å². The zero-order chi connectivity index (χ0) is 23.5. The number of nitrogens with zero attached hydrogens (tertiary/aromatic N) is 2. The van der Waals surface area contributed by atoms with Gasteiger partial charge in [-0.15, -0.1) is 0 Å². The first kappa shape index (κ1) is 23.3. The number of hydrogen-bond acceptors (Lipinski definition) is 6. The van der Waals surface area contributed by atoms with Gasteiger partial charge in [-0.3, -0.25) is 9.59 Å². The van der Waals surface area contributed by atoms with Crippen molar-refractivity contribution in [3.8, 4) is 0 Å². The average molecular weight is 456 g/mol. The van der Waals surface area contributed by atoms with E-state index in [1.807, 2.05) is 19.9 Å². The Labute approximate surface area is 193 Å². The SMILES string of the molecule is CCCN(CCC)C(=O)C(CO)NC(=O)c1cc2cc3c4c(c2oc1=O)CCCN4CCC3. The van der Waals surface area contributed by atoms with Crippen LogP contribution in [0.15, 0.2) is 21.3 Å². The van der Waals surface area contributed by atoms with Crippen LogP contribution in [-0.2, 0) is 17.6 Å². The van der Waals surface area contributed by atoms with Crippen LogP contribution in [0.4, 0.5) is 5.69 Å². The highest BCUT2D eigenvalue weighted by Gasteiger charge is 2.29. The van der Waals surface area contributed by atoms with Gasteiger partial charge in [-0.1, -0.05) is 13.8 Å². The van der Waals surface area contributed by atoms with Crippen molar-refractivity contribution in [3.05, 3.63) is 39.2 Å². The van der Waals surface area contributed by atoms with E-state index in [2.05, 4.69) is 10.2 Å². The maximum atomic E-state index is 13.0. The zero-order valence-electron chi connectivity index (χ0n) is 19.5. The molecule has 2 aliphatic heterocycles. The fraction of sp³-hybridized carbons (Fsp3) is 0.560. The number of carbonyl (C=O) groups is 2. The van der Waals surface area contributed by atoms with E-state index in [1.54, 1.807) is 11.0 Å². The highest BCUT2D eigenvalue weighted by atomic mass is 16.4. The molecule has 8 heteroatoms. The molecule has 2 amide bonds. The second kappa shape index (κ2) is 9.95. The molecule has 33 heavy (non-hydrogen) atoms. The van der Waals surface area contributed by atoms with Gasteiger partial charge in [-0.05, 0) is 56.2 Å². The monoisotopic (exact) mass is 455 g/mol. The number of aliphatic hydroxyl groups is 1. The topological polar surface area (TPSA) is 103 Å². The van der Waals surface area contributed by atoms with Crippen molar-refractivity contribution in [1.29, 1.82) is 0 Å².